The van der Waals surface area contributed by atoms with Crippen molar-refractivity contribution in [3.63, 3.8) is 0 Å². The Morgan fingerprint density at radius 1 is 0.424 bits per heavy atom. The minimum atomic E-state index is 0. The summed E-state index contributed by atoms with van der Waals surface area (Å²) in [6, 6.07) is 0. The van der Waals surface area contributed by atoms with Crippen molar-refractivity contribution >= 4 is 43.8 Å². The summed E-state index contributed by atoms with van der Waals surface area (Å²) in [5.74, 6) is 0. The molecule has 3 nitrogen and oxygen atoms in total. The van der Waals surface area contributed by atoms with Crippen molar-refractivity contribution in [2.75, 3.05) is 0 Å². The fourth-order valence-corrected chi connectivity index (χ4v) is 0. The van der Waals surface area contributed by atoms with Crippen molar-refractivity contribution in [3.8, 4) is 0 Å². The first-order chi connectivity index (χ1) is 16.1. The van der Waals surface area contributed by atoms with Gasteiger partial charge in [0.15, 0.2) is 0 Å². The second-order valence-corrected chi connectivity index (χ2v) is 2.00. The van der Waals surface area contributed by atoms with Gasteiger partial charge in [0, 0.05) is 0 Å². The molecule has 0 unspecified atom stereocenters. The monoisotopic (exact) mass is 489 g/mol. The van der Waals surface area contributed by atoms with Gasteiger partial charge in [-0.15, -0.1) is 0 Å². The van der Waals surface area contributed by atoms with Gasteiger partial charge in [0.1, 0.15) is 24.4 Å². The second kappa shape index (κ2) is 2770. The molecule has 6 radical (unpaired) electrons. The van der Waals surface area contributed by atoms with E-state index in [4.69, 9.17) is 18.5 Å². The maximum Gasteiger partial charge on any atom is 0.106 e. The minimum absolute atomic E-state index is 0. The van der Waals surface area contributed by atoms with Crippen LogP contribution in [0.5, 0.6) is 0 Å². The number of rotatable bonds is 2. The van der Waals surface area contributed by atoms with Gasteiger partial charge < -0.3 is 14.4 Å². The molecule has 0 aliphatic carbocycles. The van der Waals surface area contributed by atoms with Crippen LogP contribution in [0.3, 0.4) is 0 Å². The molecule has 0 saturated carbocycles. The molecule has 0 N–H and O–H groups in total. The third-order valence-corrected chi connectivity index (χ3v) is 1.000. The highest BCUT2D eigenvalue weighted by molar-refractivity contribution is 6.05. The Labute approximate surface area is 227 Å². The smallest absolute Gasteiger partial charge is 0.106 e. The van der Waals surface area contributed by atoms with Gasteiger partial charge >= 0.3 is 0 Å². The van der Waals surface area contributed by atoms with Gasteiger partial charge in [-0.25, -0.2) is 0 Å². The summed E-state index contributed by atoms with van der Waals surface area (Å²) in [7, 11) is 13.5. The Balaban J connectivity index is -0.00000000864. The normalized spacial score (nSPS) is 4.45. The molecule has 0 spiro atoms. The molecule has 0 aromatic rings. The first kappa shape index (κ1) is 85.0. The molecule has 212 valence electrons. The third kappa shape index (κ3) is 18300. The predicted octanol–water partition coefficient (Wildman–Crippen LogP) is 10.7. The van der Waals surface area contributed by atoms with E-state index in [9.17, 15) is 0 Å². The molecule has 0 saturated heterocycles. The molecule has 33 heavy (non-hydrogen) atoms. The average molecular weight is 488 g/mol. The highest BCUT2D eigenvalue weighted by Crippen LogP contribution is 1.77. The molecule has 0 atom stereocenters. The van der Waals surface area contributed by atoms with Crippen molar-refractivity contribution < 1.29 is 18.5 Å². The second-order valence-electron chi connectivity index (χ2n) is 2.00. The summed E-state index contributed by atoms with van der Waals surface area (Å²) in [5, 5.41) is 0. The molecule has 0 aromatic carbocycles. The third-order valence-electron chi connectivity index (χ3n) is 1.000. The summed E-state index contributed by atoms with van der Waals surface area (Å²) in [6.07, 6.45) is 5.28. The van der Waals surface area contributed by atoms with Crippen LogP contribution >= 0.6 is 0 Å². The fraction of sp³-hybridized carbons (Fsp3) is 0.889. The largest absolute Gasteiger partial charge is 0.307 e. The molecule has 0 amide bonds. The topological polar surface area (TPSA) is 51.2 Å². The molecular weight excluding hydrogens is 405 g/mol. The molecule has 6 heteroatoms. The molecule has 0 bridgehead atoms. The van der Waals surface area contributed by atoms with Crippen LogP contribution in [0.15, 0.2) is 0 Å². The molecule has 0 fully saturated rings. The molecule has 0 heterocycles. The molecule has 0 aliphatic rings. The lowest BCUT2D eigenvalue weighted by Crippen LogP contribution is -1.47. The first-order valence-electron chi connectivity index (χ1n) is 13.0. The van der Waals surface area contributed by atoms with Crippen LogP contribution in [0, 0.1) is 0 Å². The minimum Gasteiger partial charge on any atom is -0.307 e. The van der Waals surface area contributed by atoms with Gasteiger partial charge in [0.25, 0.3) is 0 Å². The Morgan fingerprint density at radius 3 is 0.455 bits per heavy atom. The maximum atomic E-state index is 8.47. The summed E-state index contributed by atoms with van der Waals surface area (Å²) >= 11 is 0. The Kier molecular flexibility index (Phi) is 7140. The number of unbranched alkanes of at least 4 members (excludes halogenated alkanes) is 2. The first-order valence-corrected chi connectivity index (χ1v) is 11.3. The lowest BCUT2D eigenvalue weighted by Gasteiger charge is -1.68. The summed E-state index contributed by atoms with van der Waals surface area (Å²) in [4.78, 5) is 25.4. The summed E-state index contributed by atoms with van der Waals surface area (Å²) in [5.41, 5.74) is 0. The quantitative estimate of drug-likeness (QED) is 0.363. The van der Waals surface area contributed by atoms with Crippen LogP contribution in [-0.4, -0.2) is 43.8 Å². The van der Waals surface area contributed by atoms with Crippen LogP contribution in [-0.2, 0) is 14.4 Å². The summed E-state index contributed by atoms with van der Waals surface area (Å²) < 4.78 is 16.6. The van der Waals surface area contributed by atoms with Gasteiger partial charge in [0.05, 0.1) is 23.5 Å². The number of hydrogen-bond acceptors (Lipinski definition) is 3. The molecule has 0 aliphatic heterocycles. The lowest BCUT2D eigenvalue weighted by molar-refractivity contribution is -0.0987. The highest BCUT2D eigenvalue weighted by Gasteiger charge is 1.56. The number of carbonyl (C=O) groups excluding carboxylic acids is 3. The van der Waals surface area contributed by atoms with Gasteiger partial charge in [-0.1, -0.05) is 165 Å². The van der Waals surface area contributed by atoms with E-state index in [2.05, 4.69) is 51.2 Å². The Hall–Kier alpha value is -0.795. The van der Waals surface area contributed by atoms with Gasteiger partial charge in [0.2, 0.25) is 0 Å². The van der Waals surface area contributed by atoms with E-state index < -0.39 is 0 Å². The van der Waals surface area contributed by atoms with Crippen molar-refractivity contribution in [1.82, 2.24) is 0 Å². The Bertz CT molecular complexity index is 111. The SMILES string of the molecule is C.C.C.CC.CC.CC.CC.CC.CCCC.CCCC.[3H]C=O.[3H]C=O.[3H]C=O.[B]C.[B]C.[B]C. The van der Waals surface area contributed by atoms with E-state index >= 15 is 0 Å². The van der Waals surface area contributed by atoms with Gasteiger partial charge in [-0.2, -0.15) is 0 Å². The van der Waals surface area contributed by atoms with E-state index in [0.29, 0.717) is 0 Å². The van der Waals surface area contributed by atoms with E-state index in [1.165, 1.54) is 46.2 Å². The van der Waals surface area contributed by atoms with Crippen LogP contribution in [0.4, 0.5) is 0 Å². The zero-order chi connectivity index (χ0) is 30.9. The zero-order valence-electron chi connectivity index (χ0n) is 27.5. The van der Waals surface area contributed by atoms with E-state index in [-0.39, 0.29) is 42.6 Å². The average Bonchev–Trinajstić information content (AvgIpc) is 2.94. The van der Waals surface area contributed by atoms with E-state index in [1.807, 2.05) is 69.2 Å². The number of carbonyl (C=O) groups is 3. The maximum absolute atomic E-state index is 8.47. The van der Waals surface area contributed by atoms with Crippen LogP contribution < -0.4 is 0 Å². The van der Waals surface area contributed by atoms with E-state index in [1.54, 1.807) is 0 Å². The van der Waals surface area contributed by atoms with Crippen molar-refractivity contribution in [2.45, 2.75) is 165 Å². The summed E-state index contributed by atoms with van der Waals surface area (Å²) in [6.45, 7) is 33.2. The molecular formula is C27H77B3O3. The standard InChI is InChI=1S/2C4H10.5C2H6.3CH3B.3CH2O.3CH4/c2*1-3-4-2;11*1-2;;;/h2*3-4H2,1-2H3;5*1-2H3;3*1H3;3*1H2;3*1H4/i;;;;;;;;;;3*1T;;;. The van der Waals surface area contributed by atoms with Crippen LogP contribution in [0.1, 0.15) is 149 Å². The molecule has 0 aromatic heterocycles. The van der Waals surface area contributed by atoms with Gasteiger partial charge in [-0.05, 0) is 0 Å². The van der Waals surface area contributed by atoms with Crippen LogP contribution in [0.2, 0.25) is 20.5 Å². The van der Waals surface area contributed by atoms with Crippen molar-refractivity contribution in [2.24, 2.45) is 0 Å². The lowest BCUT2D eigenvalue weighted by atomic mass is 10.2. The van der Waals surface area contributed by atoms with Crippen molar-refractivity contribution in [1.29, 1.82) is 0 Å². The number of hydrogen-bond donors (Lipinski definition) is 0. The van der Waals surface area contributed by atoms with Crippen molar-refractivity contribution in [3.05, 3.63) is 0 Å². The fourth-order valence-electron chi connectivity index (χ4n) is 0. The van der Waals surface area contributed by atoms with E-state index in [0.717, 1.165) is 0 Å². The predicted molar refractivity (Wildman–Crippen MR) is 174 cm³/mol. The zero-order valence-corrected chi connectivity index (χ0v) is 24.5. The van der Waals surface area contributed by atoms with Gasteiger partial charge in [-0.3, -0.25) is 0 Å². The molecule has 0 rings (SSSR count). The van der Waals surface area contributed by atoms with Crippen LogP contribution in [0.25, 0.3) is 0 Å². The Morgan fingerprint density at radius 2 is 0.455 bits per heavy atom. The highest BCUT2D eigenvalue weighted by atomic mass is 16.1.